The van der Waals surface area contributed by atoms with Crippen LogP contribution < -0.4 is 19.5 Å². The Morgan fingerprint density at radius 2 is 2.08 bits per heavy atom. The number of ether oxygens (including phenoxy) is 3. The van der Waals surface area contributed by atoms with Crippen LogP contribution >= 0.6 is 15.9 Å². The van der Waals surface area contributed by atoms with Crippen molar-refractivity contribution in [1.29, 1.82) is 5.26 Å². The van der Waals surface area contributed by atoms with E-state index in [-0.39, 0.29) is 12.4 Å². The van der Waals surface area contributed by atoms with Crippen LogP contribution in [0.1, 0.15) is 5.56 Å². The number of rotatable bonds is 4. The SMILES string of the molecule is COc1cccc(NC(=O)C(C#N)=Cc2cc3c(cc2Br)OCO3)c1. The van der Waals surface area contributed by atoms with E-state index < -0.39 is 5.91 Å². The van der Waals surface area contributed by atoms with Gasteiger partial charge in [-0.1, -0.05) is 22.0 Å². The van der Waals surface area contributed by atoms with Crippen molar-refractivity contribution in [3.8, 4) is 23.3 Å². The summed E-state index contributed by atoms with van der Waals surface area (Å²) in [5.74, 6) is 1.28. The number of carbonyl (C=O) groups excluding carboxylic acids is 1. The molecule has 7 heteroatoms. The molecule has 0 unspecified atom stereocenters. The molecule has 2 aromatic rings. The van der Waals surface area contributed by atoms with Gasteiger partial charge in [-0.25, -0.2) is 0 Å². The monoisotopic (exact) mass is 400 g/mol. The number of hydrogen-bond acceptors (Lipinski definition) is 5. The van der Waals surface area contributed by atoms with E-state index in [2.05, 4.69) is 21.2 Å². The number of anilines is 1. The summed E-state index contributed by atoms with van der Waals surface area (Å²) in [5, 5.41) is 12.0. The molecule has 1 aliphatic heterocycles. The normalized spacial score (nSPS) is 12.4. The summed E-state index contributed by atoms with van der Waals surface area (Å²) in [4.78, 5) is 12.4. The van der Waals surface area contributed by atoms with Crippen LogP contribution in [-0.2, 0) is 4.79 Å². The Morgan fingerprint density at radius 3 is 2.80 bits per heavy atom. The van der Waals surface area contributed by atoms with Gasteiger partial charge in [-0.3, -0.25) is 4.79 Å². The molecule has 0 saturated carbocycles. The average Bonchev–Trinajstić information content (AvgIpc) is 3.06. The van der Waals surface area contributed by atoms with Crippen molar-refractivity contribution in [2.45, 2.75) is 0 Å². The quantitative estimate of drug-likeness (QED) is 0.624. The number of nitrogens with one attached hydrogen (secondary N) is 1. The van der Waals surface area contributed by atoms with Gasteiger partial charge >= 0.3 is 0 Å². The highest BCUT2D eigenvalue weighted by Gasteiger charge is 2.17. The molecule has 1 N–H and O–H groups in total. The van der Waals surface area contributed by atoms with Crippen molar-refractivity contribution < 1.29 is 19.0 Å². The van der Waals surface area contributed by atoms with E-state index in [9.17, 15) is 10.1 Å². The summed E-state index contributed by atoms with van der Waals surface area (Å²) < 4.78 is 16.4. The number of hydrogen-bond donors (Lipinski definition) is 1. The Hall–Kier alpha value is -2.98. The van der Waals surface area contributed by atoms with E-state index >= 15 is 0 Å². The molecular weight excluding hydrogens is 388 g/mol. The van der Waals surface area contributed by atoms with Crippen LogP contribution in [0.3, 0.4) is 0 Å². The van der Waals surface area contributed by atoms with E-state index in [1.807, 2.05) is 6.07 Å². The van der Waals surface area contributed by atoms with Crippen molar-refractivity contribution in [2.75, 3.05) is 19.2 Å². The minimum Gasteiger partial charge on any atom is -0.497 e. The summed E-state index contributed by atoms with van der Waals surface area (Å²) in [6.07, 6.45) is 1.49. The summed E-state index contributed by atoms with van der Waals surface area (Å²) in [5.41, 5.74) is 1.14. The van der Waals surface area contributed by atoms with Gasteiger partial charge in [-0.2, -0.15) is 5.26 Å². The maximum Gasteiger partial charge on any atom is 0.266 e. The predicted molar refractivity (Wildman–Crippen MR) is 95.5 cm³/mol. The zero-order chi connectivity index (χ0) is 17.8. The van der Waals surface area contributed by atoms with Crippen LogP contribution in [-0.4, -0.2) is 19.8 Å². The second-order valence-corrected chi connectivity index (χ2v) is 5.94. The molecule has 0 aliphatic carbocycles. The van der Waals surface area contributed by atoms with Crippen LogP contribution in [0.25, 0.3) is 6.08 Å². The van der Waals surface area contributed by atoms with Crippen molar-refractivity contribution in [1.82, 2.24) is 0 Å². The molecule has 1 amide bonds. The molecule has 0 spiro atoms. The van der Waals surface area contributed by atoms with Gasteiger partial charge in [0.25, 0.3) is 5.91 Å². The lowest BCUT2D eigenvalue weighted by Gasteiger charge is -2.07. The van der Waals surface area contributed by atoms with Crippen LogP contribution in [0, 0.1) is 11.3 Å². The highest BCUT2D eigenvalue weighted by atomic mass is 79.9. The maximum atomic E-state index is 12.4. The minimum atomic E-state index is -0.514. The first-order valence-electron chi connectivity index (χ1n) is 7.27. The van der Waals surface area contributed by atoms with Crippen LogP contribution in [0.2, 0.25) is 0 Å². The third-order valence-corrected chi connectivity index (χ3v) is 4.17. The van der Waals surface area contributed by atoms with E-state index in [0.717, 1.165) is 0 Å². The number of amides is 1. The van der Waals surface area contributed by atoms with Crippen LogP contribution in [0.4, 0.5) is 5.69 Å². The Bertz CT molecular complexity index is 902. The van der Waals surface area contributed by atoms with Gasteiger partial charge in [-0.15, -0.1) is 0 Å². The fourth-order valence-electron chi connectivity index (χ4n) is 2.25. The van der Waals surface area contributed by atoms with Crippen molar-refractivity contribution in [2.24, 2.45) is 0 Å². The minimum absolute atomic E-state index is 0.0395. The Morgan fingerprint density at radius 1 is 1.32 bits per heavy atom. The van der Waals surface area contributed by atoms with E-state index in [4.69, 9.17) is 14.2 Å². The lowest BCUT2D eigenvalue weighted by Crippen LogP contribution is -2.13. The van der Waals surface area contributed by atoms with Crippen molar-refractivity contribution in [3.05, 3.63) is 52.0 Å². The summed E-state index contributed by atoms with van der Waals surface area (Å²) in [6.45, 7) is 0.149. The van der Waals surface area contributed by atoms with Gasteiger partial charge in [0.05, 0.1) is 7.11 Å². The number of nitrogens with zero attached hydrogens (tertiary/aromatic N) is 1. The summed E-state index contributed by atoms with van der Waals surface area (Å²) in [6, 6.07) is 12.3. The molecular formula is C18H13BrN2O4. The molecule has 3 rings (SSSR count). The van der Waals surface area contributed by atoms with Crippen molar-refractivity contribution >= 4 is 33.6 Å². The molecule has 0 aromatic heterocycles. The van der Waals surface area contributed by atoms with Gasteiger partial charge in [0.15, 0.2) is 11.5 Å². The number of carbonyl (C=O) groups is 1. The molecule has 0 bridgehead atoms. The topological polar surface area (TPSA) is 80.6 Å². The summed E-state index contributed by atoms with van der Waals surface area (Å²) in [7, 11) is 1.54. The van der Waals surface area contributed by atoms with Gasteiger partial charge in [0.2, 0.25) is 6.79 Å². The number of nitriles is 1. The Labute approximate surface area is 152 Å². The summed E-state index contributed by atoms with van der Waals surface area (Å²) >= 11 is 3.40. The zero-order valence-electron chi connectivity index (χ0n) is 13.2. The molecule has 1 aliphatic rings. The fraction of sp³-hybridized carbons (Fsp3) is 0.111. The molecule has 126 valence electrons. The standard InChI is InChI=1S/C18H13BrN2O4/c1-23-14-4-2-3-13(7-14)21-18(22)12(9-20)5-11-6-16-17(8-15(11)19)25-10-24-16/h2-8H,10H2,1H3,(H,21,22). The first-order valence-corrected chi connectivity index (χ1v) is 8.06. The van der Waals surface area contributed by atoms with Crippen LogP contribution in [0.5, 0.6) is 17.2 Å². The highest BCUT2D eigenvalue weighted by molar-refractivity contribution is 9.10. The zero-order valence-corrected chi connectivity index (χ0v) is 14.8. The second kappa shape index (κ2) is 7.28. The predicted octanol–water partition coefficient (Wildman–Crippen LogP) is 3.73. The van der Waals surface area contributed by atoms with Gasteiger partial charge < -0.3 is 19.5 Å². The van der Waals surface area contributed by atoms with Gasteiger partial charge in [0.1, 0.15) is 17.4 Å². The highest BCUT2D eigenvalue weighted by Crippen LogP contribution is 2.37. The lowest BCUT2D eigenvalue weighted by molar-refractivity contribution is -0.112. The second-order valence-electron chi connectivity index (χ2n) is 5.08. The van der Waals surface area contributed by atoms with E-state index in [1.54, 1.807) is 43.5 Å². The molecule has 0 saturated heterocycles. The lowest BCUT2D eigenvalue weighted by atomic mass is 10.1. The fourth-order valence-corrected chi connectivity index (χ4v) is 2.68. The Kier molecular flexibility index (Phi) is 4.91. The molecule has 6 nitrogen and oxygen atoms in total. The molecule has 0 atom stereocenters. The molecule has 2 aromatic carbocycles. The maximum absolute atomic E-state index is 12.4. The molecule has 1 heterocycles. The van der Waals surface area contributed by atoms with E-state index in [1.165, 1.54) is 6.08 Å². The molecule has 0 radical (unpaired) electrons. The number of methoxy groups -OCH3 is 1. The average molecular weight is 401 g/mol. The van der Waals surface area contributed by atoms with Crippen LogP contribution in [0.15, 0.2) is 46.4 Å². The number of halogens is 1. The molecule has 0 fully saturated rings. The third kappa shape index (κ3) is 3.75. The smallest absolute Gasteiger partial charge is 0.266 e. The number of fused-ring (bicyclic) bond motifs is 1. The molecule has 25 heavy (non-hydrogen) atoms. The van der Waals surface area contributed by atoms with Gasteiger partial charge in [-0.05, 0) is 35.9 Å². The van der Waals surface area contributed by atoms with Gasteiger partial charge in [0, 0.05) is 16.2 Å². The first kappa shape index (κ1) is 16.9. The van der Waals surface area contributed by atoms with Crippen molar-refractivity contribution in [3.63, 3.8) is 0 Å². The third-order valence-electron chi connectivity index (χ3n) is 3.48. The Balaban J connectivity index is 1.85. The van der Waals surface area contributed by atoms with E-state index in [0.29, 0.717) is 33.0 Å². The largest absolute Gasteiger partial charge is 0.497 e. The first-order chi connectivity index (χ1) is 12.1. The number of benzene rings is 2.